The molecule has 1 aromatic heterocycles. The molecule has 3 rings (SSSR count). The zero-order chi connectivity index (χ0) is 11.7. The number of aliphatic hydroxyl groups is 1. The number of hydrogen-bond acceptors (Lipinski definition) is 4. The van der Waals surface area contributed by atoms with Crippen LogP contribution >= 0.6 is 0 Å². The first-order valence-corrected chi connectivity index (χ1v) is 5.63. The highest BCUT2D eigenvalue weighted by Crippen LogP contribution is 2.23. The van der Waals surface area contributed by atoms with Gasteiger partial charge in [0, 0.05) is 12.8 Å². The van der Waals surface area contributed by atoms with E-state index in [4.69, 9.17) is 9.84 Å². The van der Waals surface area contributed by atoms with Crippen molar-refractivity contribution in [3.05, 3.63) is 36.7 Å². The second-order valence-electron chi connectivity index (χ2n) is 4.17. The van der Waals surface area contributed by atoms with Gasteiger partial charge < -0.3 is 9.84 Å². The summed E-state index contributed by atoms with van der Waals surface area (Å²) in [5, 5.41) is 13.4. The Bertz CT molecular complexity index is 491. The van der Waals surface area contributed by atoms with Gasteiger partial charge in [-0.1, -0.05) is 18.2 Å². The van der Waals surface area contributed by atoms with Crippen molar-refractivity contribution in [1.29, 1.82) is 0 Å². The lowest BCUT2D eigenvalue weighted by Crippen LogP contribution is -2.37. The minimum Gasteiger partial charge on any atom is -0.459 e. The molecule has 1 saturated carbocycles. The molecule has 1 aromatic carbocycles. The molecule has 0 radical (unpaired) electrons. The van der Waals surface area contributed by atoms with Gasteiger partial charge in [-0.25, -0.2) is 4.68 Å². The summed E-state index contributed by atoms with van der Waals surface area (Å²) in [6.45, 7) is 0. The highest BCUT2D eigenvalue weighted by Gasteiger charge is 2.29. The maximum Gasteiger partial charge on any atom is 0.336 e. The van der Waals surface area contributed by atoms with Crippen molar-refractivity contribution in [2.45, 2.75) is 25.0 Å². The third-order valence-corrected chi connectivity index (χ3v) is 2.83. The third-order valence-electron chi connectivity index (χ3n) is 2.83. The van der Waals surface area contributed by atoms with Crippen LogP contribution in [-0.2, 0) is 0 Å². The number of ether oxygens (including phenoxy) is 1. The Morgan fingerprint density at radius 2 is 2.00 bits per heavy atom. The van der Waals surface area contributed by atoms with Gasteiger partial charge in [0.2, 0.25) is 0 Å². The van der Waals surface area contributed by atoms with Gasteiger partial charge in [0.1, 0.15) is 12.4 Å². The number of benzene rings is 1. The highest BCUT2D eigenvalue weighted by atomic mass is 16.5. The van der Waals surface area contributed by atoms with Crippen LogP contribution in [0.25, 0.3) is 5.69 Å². The monoisotopic (exact) mass is 231 g/mol. The molecule has 0 bridgehead atoms. The number of hydrogen-bond donors (Lipinski definition) is 1. The van der Waals surface area contributed by atoms with E-state index < -0.39 is 0 Å². The summed E-state index contributed by atoms with van der Waals surface area (Å²) < 4.78 is 7.19. The molecule has 1 aliphatic carbocycles. The van der Waals surface area contributed by atoms with Gasteiger partial charge in [-0.3, -0.25) is 0 Å². The van der Waals surface area contributed by atoms with Crippen molar-refractivity contribution < 1.29 is 9.84 Å². The molecule has 1 heterocycles. The van der Waals surface area contributed by atoms with Gasteiger partial charge >= 0.3 is 6.01 Å². The zero-order valence-electron chi connectivity index (χ0n) is 9.23. The van der Waals surface area contributed by atoms with Crippen LogP contribution in [-0.4, -0.2) is 32.1 Å². The summed E-state index contributed by atoms with van der Waals surface area (Å²) in [6, 6.07) is 10.1. The molecule has 0 unspecified atom stereocenters. The fourth-order valence-corrected chi connectivity index (χ4v) is 1.79. The molecular weight excluding hydrogens is 218 g/mol. The molecule has 5 heteroatoms. The van der Waals surface area contributed by atoms with Crippen LogP contribution in [0.2, 0.25) is 0 Å². The maximum absolute atomic E-state index is 9.15. The number of aromatic nitrogens is 3. The van der Waals surface area contributed by atoms with E-state index in [2.05, 4.69) is 10.1 Å². The minimum absolute atomic E-state index is 0.0524. The summed E-state index contributed by atoms with van der Waals surface area (Å²) in [5.41, 5.74) is 0.948. The molecule has 2 aromatic rings. The molecule has 0 aliphatic heterocycles. The number of nitrogens with zero attached hydrogens (tertiary/aromatic N) is 3. The Morgan fingerprint density at radius 3 is 2.71 bits per heavy atom. The predicted octanol–water partition coefficient (Wildman–Crippen LogP) is 1.17. The highest BCUT2D eigenvalue weighted by molar-refractivity contribution is 5.29. The Kier molecular flexibility index (Phi) is 2.53. The second-order valence-corrected chi connectivity index (χ2v) is 4.17. The fraction of sp³-hybridized carbons (Fsp3) is 0.333. The average Bonchev–Trinajstić information content (AvgIpc) is 2.77. The topological polar surface area (TPSA) is 60.2 Å². The quantitative estimate of drug-likeness (QED) is 0.861. The van der Waals surface area contributed by atoms with Gasteiger partial charge in [-0.05, 0) is 12.1 Å². The molecule has 17 heavy (non-hydrogen) atoms. The van der Waals surface area contributed by atoms with Crippen LogP contribution in [0.1, 0.15) is 12.8 Å². The lowest BCUT2D eigenvalue weighted by atomic mass is 9.92. The van der Waals surface area contributed by atoms with Gasteiger partial charge in [0.25, 0.3) is 0 Å². The molecule has 0 spiro atoms. The van der Waals surface area contributed by atoms with Gasteiger partial charge in [-0.2, -0.15) is 4.98 Å². The first-order chi connectivity index (χ1) is 8.31. The molecule has 88 valence electrons. The standard InChI is InChI=1S/C12H13N3O2/c16-10-6-11(7-10)17-12-13-8-15(14-12)9-4-2-1-3-5-9/h1-5,8,10-11,16H,6-7H2. The van der Waals surface area contributed by atoms with E-state index >= 15 is 0 Å². The first kappa shape index (κ1) is 10.3. The van der Waals surface area contributed by atoms with Crippen LogP contribution in [0.15, 0.2) is 36.7 Å². The largest absolute Gasteiger partial charge is 0.459 e. The molecule has 1 aliphatic rings. The van der Waals surface area contributed by atoms with Gasteiger partial charge in [0.05, 0.1) is 11.8 Å². The normalized spacial score (nSPS) is 23.1. The minimum atomic E-state index is -0.226. The summed E-state index contributed by atoms with van der Waals surface area (Å²) in [4.78, 5) is 4.09. The Balaban J connectivity index is 1.70. The lowest BCUT2D eigenvalue weighted by Gasteiger charge is -2.30. The van der Waals surface area contributed by atoms with E-state index in [0.29, 0.717) is 18.9 Å². The SMILES string of the molecule is OC1CC(Oc2ncn(-c3ccccc3)n2)C1. The molecule has 1 N–H and O–H groups in total. The zero-order valence-corrected chi connectivity index (χ0v) is 9.23. The first-order valence-electron chi connectivity index (χ1n) is 5.63. The molecule has 0 saturated heterocycles. The second kappa shape index (κ2) is 4.18. The third kappa shape index (κ3) is 2.14. The number of aliphatic hydroxyl groups excluding tert-OH is 1. The van der Waals surface area contributed by atoms with E-state index in [0.717, 1.165) is 5.69 Å². The van der Waals surface area contributed by atoms with E-state index in [1.54, 1.807) is 11.0 Å². The van der Waals surface area contributed by atoms with E-state index in [1.165, 1.54) is 0 Å². The van der Waals surface area contributed by atoms with E-state index in [-0.39, 0.29) is 12.2 Å². The van der Waals surface area contributed by atoms with Crippen molar-refractivity contribution in [1.82, 2.24) is 14.8 Å². The van der Waals surface area contributed by atoms with Crippen LogP contribution < -0.4 is 4.74 Å². The molecule has 5 nitrogen and oxygen atoms in total. The van der Waals surface area contributed by atoms with Crippen molar-refractivity contribution in [2.75, 3.05) is 0 Å². The molecule has 1 fully saturated rings. The van der Waals surface area contributed by atoms with Gasteiger partial charge in [0.15, 0.2) is 0 Å². The number of rotatable bonds is 3. The summed E-state index contributed by atoms with van der Waals surface area (Å²) in [7, 11) is 0. The van der Waals surface area contributed by atoms with Crippen LogP contribution in [0.5, 0.6) is 6.01 Å². The van der Waals surface area contributed by atoms with Gasteiger partial charge in [-0.15, -0.1) is 5.10 Å². The van der Waals surface area contributed by atoms with Crippen LogP contribution in [0.3, 0.4) is 0 Å². The van der Waals surface area contributed by atoms with Crippen LogP contribution in [0, 0.1) is 0 Å². The molecular formula is C12H13N3O2. The maximum atomic E-state index is 9.15. The van der Waals surface area contributed by atoms with Crippen molar-refractivity contribution in [3.8, 4) is 11.7 Å². The smallest absolute Gasteiger partial charge is 0.336 e. The molecule has 0 amide bonds. The van der Waals surface area contributed by atoms with E-state index in [9.17, 15) is 0 Å². The molecule has 0 atom stereocenters. The van der Waals surface area contributed by atoms with Crippen molar-refractivity contribution in [3.63, 3.8) is 0 Å². The van der Waals surface area contributed by atoms with Crippen molar-refractivity contribution in [2.24, 2.45) is 0 Å². The van der Waals surface area contributed by atoms with Crippen molar-refractivity contribution >= 4 is 0 Å². The Labute approximate surface area is 98.7 Å². The summed E-state index contributed by atoms with van der Waals surface area (Å²) in [6.07, 6.45) is 2.78. The Morgan fingerprint density at radius 1 is 1.24 bits per heavy atom. The summed E-state index contributed by atoms with van der Waals surface area (Å²) in [5.74, 6) is 0. The Hall–Kier alpha value is -1.88. The average molecular weight is 231 g/mol. The lowest BCUT2D eigenvalue weighted by molar-refractivity contribution is -0.0150. The van der Waals surface area contributed by atoms with E-state index in [1.807, 2.05) is 30.3 Å². The number of para-hydroxylation sites is 1. The van der Waals surface area contributed by atoms with Crippen LogP contribution in [0.4, 0.5) is 0 Å². The summed E-state index contributed by atoms with van der Waals surface area (Å²) >= 11 is 0. The fourth-order valence-electron chi connectivity index (χ4n) is 1.79. The predicted molar refractivity (Wildman–Crippen MR) is 61.0 cm³/mol.